The molecule has 2 heterocycles. The normalized spacial score (nSPS) is 12.8. The molecule has 0 saturated heterocycles. The van der Waals surface area contributed by atoms with Crippen LogP contribution in [0.5, 0.6) is 17.4 Å². The summed E-state index contributed by atoms with van der Waals surface area (Å²) >= 11 is 6.18. The van der Waals surface area contributed by atoms with E-state index in [9.17, 15) is 15.0 Å². The molecule has 0 fully saturated rings. The molecule has 0 aliphatic carbocycles. The number of rotatable bonds is 10. The molecule has 0 aliphatic heterocycles. The number of para-hydroxylation sites is 1. The van der Waals surface area contributed by atoms with E-state index in [0.717, 1.165) is 5.56 Å². The molecule has 0 radical (unpaired) electrons. The molecule has 2 aromatic carbocycles. The zero-order chi connectivity index (χ0) is 24.8. The smallest absolute Gasteiger partial charge is 0.249 e. The maximum atomic E-state index is 13.3. The Hall–Kier alpha value is -3.79. The minimum atomic E-state index is -0.961. The van der Waals surface area contributed by atoms with Crippen LogP contribution in [0, 0.1) is 0 Å². The minimum absolute atomic E-state index is 0.0843. The number of benzene rings is 2. The van der Waals surface area contributed by atoms with Crippen LogP contribution < -0.4 is 10.1 Å². The number of anilines is 1. The van der Waals surface area contributed by atoms with Gasteiger partial charge in [0, 0.05) is 24.8 Å². The van der Waals surface area contributed by atoms with Crippen LogP contribution in [0.15, 0.2) is 79.1 Å². The van der Waals surface area contributed by atoms with Gasteiger partial charge in [0.1, 0.15) is 17.5 Å². The summed E-state index contributed by atoms with van der Waals surface area (Å²) in [6, 6.07) is 18.6. The van der Waals surface area contributed by atoms with Crippen LogP contribution in [-0.4, -0.2) is 48.3 Å². The molecule has 35 heavy (non-hydrogen) atoms. The van der Waals surface area contributed by atoms with Gasteiger partial charge in [-0.05, 0) is 17.7 Å². The maximum Gasteiger partial charge on any atom is 0.249 e. The lowest BCUT2D eigenvalue weighted by Crippen LogP contribution is -2.27. The van der Waals surface area contributed by atoms with Gasteiger partial charge in [0.15, 0.2) is 11.7 Å². The minimum Gasteiger partial charge on any atom is -0.494 e. The van der Waals surface area contributed by atoms with E-state index in [1.165, 1.54) is 15.3 Å². The van der Waals surface area contributed by atoms with Crippen molar-refractivity contribution in [1.29, 1.82) is 0 Å². The molecule has 10 heteroatoms. The third-order valence-corrected chi connectivity index (χ3v) is 5.59. The number of nitrogens with zero attached hydrogens (tertiary/aromatic N) is 3. The Morgan fingerprint density at radius 2 is 1.86 bits per heavy atom. The molecule has 4 N–H and O–H groups in total. The Morgan fingerprint density at radius 3 is 2.60 bits per heavy atom. The molecule has 4 rings (SSSR count). The fourth-order valence-electron chi connectivity index (χ4n) is 3.57. The van der Waals surface area contributed by atoms with E-state index in [4.69, 9.17) is 21.4 Å². The van der Waals surface area contributed by atoms with Crippen molar-refractivity contribution in [2.75, 3.05) is 11.9 Å². The first-order valence-corrected chi connectivity index (χ1v) is 11.3. The number of halogens is 1. The molecule has 0 saturated carbocycles. The second-order valence-electron chi connectivity index (χ2n) is 7.93. The highest BCUT2D eigenvalue weighted by molar-refractivity contribution is 6.32. The number of aliphatic hydroxyl groups is 2. The fraction of sp³-hybridized carbons (Fsp3) is 0.200. The lowest BCUT2D eigenvalue weighted by molar-refractivity contribution is -0.119. The van der Waals surface area contributed by atoms with Gasteiger partial charge in [0.05, 0.1) is 30.5 Å². The Morgan fingerprint density at radius 1 is 1.11 bits per heavy atom. The number of aromatic nitrogens is 3. The van der Waals surface area contributed by atoms with Gasteiger partial charge >= 0.3 is 0 Å². The average molecular weight is 497 g/mol. The molecular formula is C25H25ClN4O5. The second kappa shape index (κ2) is 11.1. The molecule has 0 bridgehead atoms. The molecular weight excluding hydrogens is 472 g/mol. The highest BCUT2D eigenvalue weighted by atomic mass is 35.5. The van der Waals surface area contributed by atoms with Crippen molar-refractivity contribution in [3.8, 4) is 17.4 Å². The third kappa shape index (κ3) is 6.21. The molecule has 0 unspecified atom stereocenters. The Bertz CT molecular complexity index is 1270. The topological polar surface area (TPSA) is 122 Å². The molecule has 0 spiro atoms. The number of aromatic hydroxyl groups is 1. The Labute approximate surface area is 206 Å². The van der Waals surface area contributed by atoms with Crippen LogP contribution >= 0.6 is 11.6 Å². The molecule has 4 aromatic rings. The third-order valence-electron chi connectivity index (χ3n) is 5.28. The van der Waals surface area contributed by atoms with Gasteiger partial charge in [0.25, 0.3) is 0 Å². The first-order chi connectivity index (χ1) is 16.9. The predicted molar refractivity (Wildman–Crippen MR) is 131 cm³/mol. The number of hydrogen-bond donors (Lipinski definition) is 4. The summed E-state index contributed by atoms with van der Waals surface area (Å²) in [6.45, 7) is -0.312. The van der Waals surface area contributed by atoms with Crippen molar-refractivity contribution in [3.63, 3.8) is 0 Å². The first-order valence-electron chi connectivity index (χ1n) is 10.9. The molecule has 2 atom stereocenters. The number of ether oxygens (including phenoxy) is 1. The van der Waals surface area contributed by atoms with Crippen molar-refractivity contribution in [1.82, 2.24) is 14.3 Å². The van der Waals surface area contributed by atoms with Gasteiger partial charge in [-0.25, -0.2) is 0 Å². The van der Waals surface area contributed by atoms with Crippen LogP contribution in [0.25, 0.3) is 0 Å². The predicted octanol–water partition coefficient (Wildman–Crippen LogP) is 3.61. The number of amides is 1. The lowest BCUT2D eigenvalue weighted by atomic mass is 10.1. The zero-order valence-electron chi connectivity index (χ0n) is 18.7. The van der Waals surface area contributed by atoms with E-state index in [2.05, 4.69) is 10.4 Å². The van der Waals surface area contributed by atoms with E-state index in [-0.39, 0.29) is 18.2 Å². The molecule has 1 amide bonds. The van der Waals surface area contributed by atoms with Crippen LogP contribution in [0.1, 0.15) is 11.6 Å². The fourth-order valence-corrected chi connectivity index (χ4v) is 3.74. The summed E-state index contributed by atoms with van der Waals surface area (Å²) in [5.74, 6) is 0.462. The van der Waals surface area contributed by atoms with E-state index >= 15 is 0 Å². The Kier molecular flexibility index (Phi) is 7.71. The quantitative estimate of drug-likeness (QED) is 0.266. The zero-order valence-corrected chi connectivity index (χ0v) is 19.4. The van der Waals surface area contributed by atoms with Gasteiger partial charge in [-0.3, -0.25) is 9.48 Å². The van der Waals surface area contributed by atoms with Gasteiger partial charge in [-0.2, -0.15) is 5.10 Å². The second-order valence-corrected chi connectivity index (χ2v) is 8.34. The monoisotopic (exact) mass is 496 g/mol. The lowest BCUT2D eigenvalue weighted by Gasteiger charge is -2.19. The van der Waals surface area contributed by atoms with Gasteiger partial charge in [-0.15, -0.1) is 0 Å². The number of carbonyl (C=O) groups is 1. The summed E-state index contributed by atoms with van der Waals surface area (Å²) in [6.07, 6.45) is 2.47. The summed E-state index contributed by atoms with van der Waals surface area (Å²) in [4.78, 5) is 13.3. The summed E-state index contributed by atoms with van der Waals surface area (Å²) in [7, 11) is 0. The van der Waals surface area contributed by atoms with Gasteiger partial charge in [-0.1, -0.05) is 54.1 Å². The molecule has 182 valence electrons. The van der Waals surface area contributed by atoms with Gasteiger partial charge in [0.2, 0.25) is 5.91 Å². The first kappa shape index (κ1) is 24.3. The van der Waals surface area contributed by atoms with Crippen molar-refractivity contribution in [2.45, 2.75) is 25.1 Å². The summed E-state index contributed by atoms with van der Waals surface area (Å²) in [5.41, 5.74) is 0.894. The van der Waals surface area contributed by atoms with Crippen LogP contribution in [0.4, 0.5) is 5.82 Å². The SMILES string of the molecule is O=C(Nc1ccn(C[C@@H](O)CO)n1)[C@H](Cc1ccccc1)n1cc(Oc2ccccc2Cl)cc1O. The van der Waals surface area contributed by atoms with Crippen LogP contribution in [-0.2, 0) is 17.8 Å². The molecule has 2 aromatic heterocycles. The standard InChI is InChI=1S/C25H25ClN4O5/c26-20-8-4-5-9-22(20)35-19-13-24(33)30(15-19)21(12-17-6-2-1-3-7-17)25(34)27-23-10-11-29(28-23)14-18(32)16-31/h1-11,13,15,18,21,31-33H,12,14,16H2,(H,27,28,34)/t18-,21+/m1/s1. The van der Waals surface area contributed by atoms with Crippen molar-refractivity contribution < 1.29 is 24.9 Å². The van der Waals surface area contributed by atoms with Gasteiger partial charge < -0.3 is 29.9 Å². The molecule has 0 aliphatic rings. The number of hydrogen-bond acceptors (Lipinski definition) is 6. The van der Waals surface area contributed by atoms with Crippen molar-refractivity contribution in [3.05, 3.63) is 89.7 Å². The Balaban J connectivity index is 1.58. The average Bonchev–Trinajstić information content (AvgIpc) is 3.44. The number of carbonyl (C=O) groups excluding carboxylic acids is 1. The van der Waals surface area contributed by atoms with E-state index in [1.54, 1.807) is 42.7 Å². The van der Waals surface area contributed by atoms with E-state index in [1.807, 2.05) is 30.3 Å². The summed E-state index contributed by atoms with van der Waals surface area (Å²) < 4.78 is 8.67. The van der Waals surface area contributed by atoms with Crippen molar-refractivity contribution in [2.24, 2.45) is 0 Å². The van der Waals surface area contributed by atoms with Crippen LogP contribution in [0.3, 0.4) is 0 Å². The highest BCUT2D eigenvalue weighted by Gasteiger charge is 2.25. The number of nitrogens with one attached hydrogen (secondary N) is 1. The van der Waals surface area contributed by atoms with Crippen molar-refractivity contribution >= 4 is 23.3 Å². The van der Waals surface area contributed by atoms with E-state index in [0.29, 0.717) is 22.9 Å². The summed E-state index contributed by atoms with van der Waals surface area (Å²) in [5, 5.41) is 36.7. The molecule has 9 nitrogen and oxygen atoms in total. The van der Waals surface area contributed by atoms with Crippen LogP contribution in [0.2, 0.25) is 5.02 Å². The largest absolute Gasteiger partial charge is 0.494 e. The van der Waals surface area contributed by atoms with E-state index < -0.39 is 24.7 Å². The highest BCUT2D eigenvalue weighted by Crippen LogP contribution is 2.34. The number of aliphatic hydroxyl groups excluding tert-OH is 2. The maximum absolute atomic E-state index is 13.3.